The first-order valence-corrected chi connectivity index (χ1v) is 6.07. The maximum absolute atomic E-state index is 11.8. The number of carbonyl (C=O) groups excluding carboxylic acids is 1. The van der Waals surface area contributed by atoms with E-state index in [4.69, 9.17) is 0 Å². The summed E-state index contributed by atoms with van der Waals surface area (Å²) in [6.07, 6.45) is 2.00. The molecule has 0 radical (unpaired) electrons. The second kappa shape index (κ2) is 4.69. The van der Waals surface area contributed by atoms with Crippen molar-refractivity contribution in [3.63, 3.8) is 0 Å². The fourth-order valence-corrected chi connectivity index (χ4v) is 2.01. The summed E-state index contributed by atoms with van der Waals surface area (Å²) in [5.74, 6) is 0.879. The first-order chi connectivity index (χ1) is 7.72. The molecule has 1 fully saturated rings. The molecule has 2 rings (SSSR count). The standard InChI is InChI=1S/C14H19NO/c1-3-10(2)15-14(16)13-9-12(13)11-7-5-4-6-8-11/h4-8,10,12-13H,3,9H2,1-2H3,(H,15,16)/t10-,12-,13-/m1/s1. The van der Waals surface area contributed by atoms with Gasteiger partial charge in [-0.15, -0.1) is 0 Å². The smallest absolute Gasteiger partial charge is 0.223 e. The van der Waals surface area contributed by atoms with E-state index in [0.717, 1.165) is 12.8 Å². The van der Waals surface area contributed by atoms with Crippen LogP contribution in [0, 0.1) is 5.92 Å². The van der Waals surface area contributed by atoms with E-state index in [0.29, 0.717) is 12.0 Å². The molecule has 1 aliphatic carbocycles. The molecule has 1 saturated carbocycles. The van der Waals surface area contributed by atoms with E-state index >= 15 is 0 Å². The Morgan fingerprint density at radius 1 is 1.44 bits per heavy atom. The lowest BCUT2D eigenvalue weighted by atomic mass is 10.1. The molecule has 0 saturated heterocycles. The van der Waals surface area contributed by atoms with Crippen molar-refractivity contribution in [3.8, 4) is 0 Å². The number of amides is 1. The molecule has 0 aromatic heterocycles. The average Bonchev–Trinajstić information content (AvgIpc) is 3.10. The van der Waals surface area contributed by atoms with E-state index in [1.165, 1.54) is 5.56 Å². The zero-order valence-electron chi connectivity index (χ0n) is 9.94. The second-order valence-corrected chi connectivity index (χ2v) is 4.68. The van der Waals surface area contributed by atoms with Crippen molar-refractivity contribution in [2.75, 3.05) is 0 Å². The Labute approximate surface area is 97.1 Å². The van der Waals surface area contributed by atoms with Crippen LogP contribution in [0.1, 0.15) is 38.2 Å². The molecule has 1 amide bonds. The first kappa shape index (κ1) is 11.2. The Morgan fingerprint density at radius 3 is 2.75 bits per heavy atom. The van der Waals surface area contributed by atoms with Gasteiger partial charge in [-0.05, 0) is 31.2 Å². The van der Waals surface area contributed by atoms with Crippen LogP contribution in [0.4, 0.5) is 0 Å². The zero-order valence-corrected chi connectivity index (χ0v) is 9.94. The predicted octanol–water partition coefficient (Wildman–Crippen LogP) is 2.70. The fourth-order valence-electron chi connectivity index (χ4n) is 2.01. The molecule has 1 aromatic carbocycles. The predicted molar refractivity (Wildman–Crippen MR) is 65.2 cm³/mol. The lowest BCUT2D eigenvalue weighted by molar-refractivity contribution is -0.123. The van der Waals surface area contributed by atoms with Gasteiger partial charge in [0.1, 0.15) is 0 Å². The normalized spacial score (nSPS) is 24.9. The molecule has 0 aliphatic heterocycles. The molecule has 1 aromatic rings. The van der Waals surface area contributed by atoms with Crippen molar-refractivity contribution in [1.29, 1.82) is 0 Å². The number of rotatable bonds is 4. The topological polar surface area (TPSA) is 29.1 Å². The summed E-state index contributed by atoms with van der Waals surface area (Å²) in [6.45, 7) is 4.14. The van der Waals surface area contributed by atoms with Crippen LogP contribution in [0.15, 0.2) is 30.3 Å². The van der Waals surface area contributed by atoms with Gasteiger partial charge in [0.2, 0.25) is 5.91 Å². The quantitative estimate of drug-likeness (QED) is 0.825. The summed E-state index contributed by atoms with van der Waals surface area (Å²) in [5.41, 5.74) is 1.30. The van der Waals surface area contributed by atoms with Gasteiger partial charge in [0, 0.05) is 12.0 Å². The van der Waals surface area contributed by atoms with Crippen LogP contribution in [0.5, 0.6) is 0 Å². The summed E-state index contributed by atoms with van der Waals surface area (Å²) in [5, 5.41) is 3.05. The third-order valence-electron chi connectivity index (χ3n) is 3.36. The summed E-state index contributed by atoms with van der Waals surface area (Å²) >= 11 is 0. The highest BCUT2D eigenvalue weighted by Gasteiger charge is 2.43. The van der Waals surface area contributed by atoms with E-state index in [1.54, 1.807) is 0 Å². The van der Waals surface area contributed by atoms with Crippen LogP contribution in [-0.4, -0.2) is 11.9 Å². The van der Waals surface area contributed by atoms with Gasteiger partial charge in [0.15, 0.2) is 0 Å². The van der Waals surface area contributed by atoms with E-state index in [2.05, 4.69) is 31.3 Å². The van der Waals surface area contributed by atoms with Crippen molar-refractivity contribution in [1.82, 2.24) is 5.32 Å². The minimum absolute atomic E-state index is 0.205. The van der Waals surface area contributed by atoms with Gasteiger partial charge in [-0.2, -0.15) is 0 Å². The Balaban J connectivity index is 1.89. The average molecular weight is 217 g/mol. The van der Waals surface area contributed by atoms with E-state index in [9.17, 15) is 4.79 Å². The Kier molecular flexibility index (Phi) is 3.28. The molecule has 86 valence electrons. The molecule has 0 bridgehead atoms. The van der Waals surface area contributed by atoms with E-state index in [-0.39, 0.29) is 11.8 Å². The maximum atomic E-state index is 11.8. The van der Waals surface area contributed by atoms with Gasteiger partial charge in [-0.25, -0.2) is 0 Å². The fraction of sp³-hybridized carbons (Fsp3) is 0.500. The molecule has 1 aliphatic rings. The van der Waals surface area contributed by atoms with Crippen LogP contribution < -0.4 is 5.32 Å². The molecule has 16 heavy (non-hydrogen) atoms. The molecule has 1 N–H and O–H groups in total. The van der Waals surface area contributed by atoms with Gasteiger partial charge >= 0.3 is 0 Å². The maximum Gasteiger partial charge on any atom is 0.223 e. The van der Waals surface area contributed by atoms with Crippen molar-refractivity contribution in [2.24, 2.45) is 5.92 Å². The molecular formula is C14H19NO. The Hall–Kier alpha value is -1.31. The number of nitrogens with one attached hydrogen (secondary N) is 1. The van der Waals surface area contributed by atoms with Crippen LogP contribution in [0.25, 0.3) is 0 Å². The molecule has 2 heteroatoms. The molecule has 0 unspecified atom stereocenters. The van der Waals surface area contributed by atoms with Gasteiger partial charge in [0.05, 0.1) is 0 Å². The van der Waals surface area contributed by atoms with Crippen LogP contribution in [0.2, 0.25) is 0 Å². The summed E-state index contributed by atoms with van der Waals surface area (Å²) < 4.78 is 0. The molecule has 0 spiro atoms. The van der Waals surface area contributed by atoms with Crippen LogP contribution >= 0.6 is 0 Å². The SMILES string of the molecule is CC[C@@H](C)NC(=O)[C@@H]1C[C@@H]1c1ccccc1. The molecule has 3 atom stereocenters. The molecular weight excluding hydrogens is 198 g/mol. The van der Waals surface area contributed by atoms with Gasteiger partial charge in [0.25, 0.3) is 0 Å². The monoisotopic (exact) mass is 217 g/mol. The van der Waals surface area contributed by atoms with Gasteiger partial charge in [-0.1, -0.05) is 37.3 Å². The van der Waals surface area contributed by atoms with Gasteiger partial charge in [-0.3, -0.25) is 4.79 Å². The van der Waals surface area contributed by atoms with E-state index < -0.39 is 0 Å². The largest absolute Gasteiger partial charge is 0.353 e. The summed E-state index contributed by atoms with van der Waals surface area (Å²) in [4.78, 5) is 11.8. The van der Waals surface area contributed by atoms with Crippen LogP contribution in [-0.2, 0) is 4.79 Å². The van der Waals surface area contributed by atoms with Crippen LogP contribution in [0.3, 0.4) is 0 Å². The lowest BCUT2D eigenvalue weighted by Gasteiger charge is -2.10. The third kappa shape index (κ3) is 2.43. The first-order valence-electron chi connectivity index (χ1n) is 6.07. The lowest BCUT2D eigenvalue weighted by Crippen LogP contribution is -2.33. The minimum Gasteiger partial charge on any atom is -0.353 e. The van der Waals surface area contributed by atoms with E-state index in [1.807, 2.05) is 18.2 Å². The number of hydrogen-bond acceptors (Lipinski definition) is 1. The molecule has 0 heterocycles. The van der Waals surface area contributed by atoms with Crippen molar-refractivity contribution in [2.45, 2.75) is 38.6 Å². The second-order valence-electron chi connectivity index (χ2n) is 4.68. The highest BCUT2D eigenvalue weighted by Crippen LogP contribution is 2.47. The molecule has 2 nitrogen and oxygen atoms in total. The van der Waals surface area contributed by atoms with Crippen molar-refractivity contribution < 1.29 is 4.79 Å². The van der Waals surface area contributed by atoms with Crippen molar-refractivity contribution >= 4 is 5.91 Å². The third-order valence-corrected chi connectivity index (χ3v) is 3.36. The minimum atomic E-state index is 0.205. The Bertz CT molecular complexity index is 360. The van der Waals surface area contributed by atoms with Gasteiger partial charge < -0.3 is 5.32 Å². The summed E-state index contributed by atoms with van der Waals surface area (Å²) in [7, 11) is 0. The number of hydrogen-bond donors (Lipinski definition) is 1. The number of carbonyl (C=O) groups is 1. The highest BCUT2D eigenvalue weighted by molar-refractivity contribution is 5.83. The highest BCUT2D eigenvalue weighted by atomic mass is 16.2. The Morgan fingerprint density at radius 2 is 2.12 bits per heavy atom. The summed E-state index contributed by atoms with van der Waals surface area (Å²) in [6, 6.07) is 10.6. The number of benzene rings is 1. The zero-order chi connectivity index (χ0) is 11.5. The van der Waals surface area contributed by atoms with Crippen molar-refractivity contribution in [3.05, 3.63) is 35.9 Å².